The molecule has 7 heteroatoms. The molecule has 29 heavy (non-hydrogen) atoms. The molecular weight excluding hydrogens is 381 g/mol. The Morgan fingerprint density at radius 1 is 1.14 bits per heavy atom. The van der Waals surface area contributed by atoms with Gasteiger partial charge in [0.2, 0.25) is 0 Å². The van der Waals surface area contributed by atoms with Gasteiger partial charge in [-0.1, -0.05) is 19.1 Å². The fraction of sp³-hybridized carbons (Fsp3) is 0.591. The normalized spacial score (nSPS) is 20.2. The van der Waals surface area contributed by atoms with Crippen molar-refractivity contribution in [2.24, 2.45) is 5.92 Å². The maximum Gasteiger partial charge on any atom is 0.416 e. The smallest absolute Gasteiger partial charge is 0.410 e. The van der Waals surface area contributed by atoms with Crippen molar-refractivity contribution < 1.29 is 22.7 Å². The summed E-state index contributed by atoms with van der Waals surface area (Å²) in [6.45, 7) is 4.20. The van der Waals surface area contributed by atoms with Gasteiger partial charge in [-0.2, -0.15) is 13.2 Å². The van der Waals surface area contributed by atoms with Gasteiger partial charge in [0.25, 0.3) is 0 Å². The molecule has 1 saturated carbocycles. The Hall–Kier alpha value is -2.02. The lowest BCUT2D eigenvalue weighted by molar-refractivity contribution is -0.137. The lowest BCUT2D eigenvalue weighted by atomic mass is 9.85. The molecule has 0 aromatic heterocycles. The number of hydrogen-bond donors (Lipinski definition) is 0. The van der Waals surface area contributed by atoms with E-state index in [4.69, 9.17) is 4.74 Å². The minimum Gasteiger partial charge on any atom is -0.410 e. The first kappa shape index (κ1) is 23.3. The second-order valence-corrected chi connectivity index (χ2v) is 7.76. The number of benzene rings is 1. The van der Waals surface area contributed by atoms with E-state index in [2.05, 4.69) is 31.0 Å². The van der Waals surface area contributed by atoms with Crippen LogP contribution in [0.25, 0.3) is 0 Å². The molecule has 1 aromatic carbocycles. The summed E-state index contributed by atoms with van der Waals surface area (Å²) < 4.78 is 43.1. The third kappa shape index (κ3) is 7.38. The topological polar surface area (TPSA) is 32.8 Å². The van der Waals surface area contributed by atoms with E-state index in [9.17, 15) is 18.0 Å². The van der Waals surface area contributed by atoms with E-state index in [0.29, 0.717) is 5.92 Å². The Kier molecular flexibility index (Phi) is 8.56. The van der Waals surface area contributed by atoms with E-state index >= 15 is 0 Å². The van der Waals surface area contributed by atoms with Crippen LogP contribution in [0.5, 0.6) is 5.75 Å². The molecule has 0 spiro atoms. The lowest BCUT2D eigenvalue weighted by Gasteiger charge is -2.33. The van der Waals surface area contributed by atoms with Crippen molar-refractivity contribution in [1.29, 1.82) is 0 Å². The average Bonchev–Trinajstić information content (AvgIpc) is 2.68. The predicted octanol–water partition coefficient (Wildman–Crippen LogP) is 5.59. The van der Waals surface area contributed by atoms with Gasteiger partial charge in [-0.3, -0.25) is 0 Å². The number of carbonyl (C=O) groups excluding carboxylic acids is 1. The van der Waals surface area contributed by atoms with E-state index in [0.717, 1.165) is 57.3 Å². The SMILES string of the molecule is CCCN(C)CC=CC1CCC(N(C)C(=O)Oc2ccc(C(F)(F)F)cc2)CC1. The van der Waals surface area contributed by atoms with Crippen LogP contribution in [0.2, 0.25) is 0 Å². The monoisotopic (exact) mass is 412 g/mol. The number of hydrogen-bond acceptors (Lipinski definition) is 3. The third-order valence-electron chi connectivity index (χ3n) is 5.39. The van der Waals surface area contributed by atoms with Gasteiger partial charge in [-0.25, -0.2) is 4.79 Å². The van der Waals surface area contributed by atoms with Gasteiger partial charge in [0.05, 0.1) is 5.56 Å². The van der Waals surface area contributed by atoms with Crippen molar-refractivity contribution in [3.63, 3.8) is 0 Å². The number of likely N-dealkylation sites (N-methyl/N-ethyl adjacent to an activating group) is 1. The number of amides is 1. The van der Waals surface area contributed by atoms with Crippen LogP contribution in [0.1, 0.15) is 44.6 Å². The standard InChI is InChI=1S/C22H31F3N2O2/c1-4-15-26(2)16-5-6-17-7-11-19(12-8-17)27(3)21(28)29-20-13-9-18(10-14-20)22(23,24)25/h5-6,9-10,13-14,17,19H,4,7-8,11-12,15-16H2,1-3H3. The van der Waals surface area contributed by atoms with E-state index in [-0.39, 0.29) is 11.8 Å². The second-order valence-electron chi connectivity index (χ2n) is 7.76. The average molecular weight is 412 g/mol. The highest BCUT2D eigenvalue weighted by molar-refractivity contribution is 5.70. The first-order valence-corrected chi connectivity index (χ1v) is 10.2. The Morgan fingerprint density at radius 3 is 2.31 bits per heavy atom. The van der Waals surface area contributed by atoms with Crippen molar-refractivity contribution in [1.82, 2.24) is 9.80 Å². The van der Waals surface area contributed by atoms with Crippen LogP contribution >= 0.6 is 0 Å². The number of allylic oxidation sites excluding steroid dienone is 1. The molecule has 1 aliphatic rings. The molecule has 0 radical (unpaired) electrons. The van der Waals surface area contributed by atoms with Crippen LogP contribution in [0, 0.1) is 5.92 Å². The first-order valence-electron chi connectivity index (χ1n) is 10.2. The molecule has 162 valence electrons. The van der Waals surface area contributed by atoms with E-state index < -0.39 is 17.8 Å². The number of alkyl halides is 3. The van der Waals surface area contributed by atoms with Crippen molar-refractivity contribution in [2.75, 3.05) is 27.2 Å². The van der Waals surface area contributed by atoms with Crippen LogP contribution in [-0.2, 0) is 6.18 Å². The molecule has 0 N–H and O–H groups in total. The van der Waals surface area contributed by atoms with Crippen LogP contribution in [0.15, 0.2) is 36.4 Å². The maximum atomic E-state index is 12.6. The summed E-state index contributed by atoms with van der Waals surface area (Å²) in [5.74, 6) is 0.642. The molecule has 0 unspecified atom stereocenters. The van der Waals surface area contributed by atoms with Gasteiger partial charge in [-0.05, 0) is 75.9 Å². The number of carbonyl (C=O) groups is 1. The van der Waals surface area contributed by atoms with E-state index in [1.807, 2.05) is 0 Å². The highest BCUT2D eigenvalue weighted by atomic mass is 19.4. The van der Waals surface area contributed by atoms with E-state index in [1.54, 1.807) is 11.9 Å². The van der Waals surface area contributed by atoms with Crippen LogP contribution in [0.3, 0.4) is 0 Å². The van der Waals surface area contributed by atoms with E-state index in [1.165, 1.54) is 12.1 Å². The minimum absolute atomic E-state index is 0.0874. The quantitative estimate of drug-likeness (QED) is 0.547. The first-order chi connectivity index (χ1) is 13.7. The lowest BCUT2D eigenvalue weighted by Crippen LogP contribution is -2.40. The molecule has 0 aliphatic heterocycles. The molecule has 1 aromatic rings. The van der Waals surface area contributed by atoms with Crippen LogP contribution < -0.4 is 4.74 Å². The molecule has 1 amide bonds. The summed E-state index contributed by atoms with van der Waals surface area (Å²) >= 11 is 0. The van der Waals surface area contributed by atoms with Gasteiger partial charge >= 0.3 is 12.3 Å². The van der Waals surface area contributed by atoms with Crippen molar-refractivity contribution >= 4 is 6.09 Å². The largest absolute Gasteiger partial charge is 0.416 e. The zero-order valence-electron chi connectivity index (χ0n) is 17.4. The fourth-order valence-electron chi connectivity index (χ4n) is 3.62. The van der Waals surface area contributed by atoms with Crippen LogP contribution in [-0.4, -0.2) is 49.1 Å². The van der Waals surface area contributed by atoms with Gasteiger partial charge < -0.3 is 14.5 Å². The summed E-state index contributed by atoms with van der Waals surface area (Å²) in [7, 11) is 3.80. The highest BCUT2D eigenvalue weighted by Gasteiger charge is 2.30. The minimum atomic E-state index is -4.40. The number of rotatable bonds is 7. The number of nitrogens with zero attached hydrogens (tertiary/aromatic N) is 2. The zero-order chi connectivity index (χ0) is 21.4. The summed E-state index contributed by atoms with van der Waals surface area (Å²) in [6, 6.07) is 4.26. The second kappa shape index (κ2) is 10.7. The van der Waals surface area contributed by atoms with Crippen molar-refractivity contribution in [3.05, 3.63) is 42.0 Å². The fourth-order valence-corrected chi connectivity index (χ4v) is 3.62. The summed E-state index contributed by atoms with van der Waals surface area (Å²) in [5, 5.41) is 0. The third-order valence-corrected chi connectivity index (χ3v) is 5.39. The van der Waals surface area contributed by atoms with Gasteiger partial charge in [0, 0.05) is 19.6 Å². The molecule has 1 fully saturated rings. The molecule has 1 aliphatic carbocycles. The van der Waals surface area contributed by atoms with Crippen molar-refractivity contribution in [2.45, 2.75) is 51.2 Å². The number of halogens is 3. The summed E-state index contributed by atoms with van der Waals surface area (Å²) in [5.41, 5.74) is -0.766. The highest BCUT2D eigenvalue weighted by Crippen LogP contribution is 2.31. The Labute approximate surface area is 171 Å². The Balaban J connectivity index is 1.79. The molecule has 0 saturated heterocycles. The number of ether oxygens (including phenoxy) is 1. The van der Waals surface area contributed by atoms with Crippen LogP contribution in [0.4, 0.5) is 18.0 Å². The Bertz CT molecular complexity index is 666. The molecule has 2 rings (SSSR count). The van der Waals surface area contributed by atoms with Crippen molar-refractivity contribution in [3.8, 4) is 5.75 Å². The summed E-state index contributed by atoms with van der Waals surface area (Å²) in [4.78, 5) is 16.2. The Morgan fingerprint density at radius 2 is 1.76 bits per heavy atom. The zero-order valence-corrected chi connectivity index (χ0v) is 17.4. The molecule has 0 heterocycles. The maximum absolute atomic E-state index is 12.6. The summed E-state index contributed by atoms with van der Waals surface area (Å²) in [6.07, 6.45) is 4.50. The molecule has 0 bridgehead atoms. The molecular formula is C22H31F3N2O2. The van der Waals surface area contributed by atoms with Gasteiger partial charge in [-0.15, -0.1) is 0 Å². The predicted molar refractivity (Wildman–Crippen MR) is 108 cm³/mol. The van der Waals surface area contributed by atoms with Gasteiger partial charge in [0.15, 0.2) is 0 Å². The molecule has 0 atom stereocenters. The molecule has 4 nitrogen and oxygen atoms in total. The van der Waals surface area contributed by atoms with Gasteiger partial charge in [0.1, 0.15) is 5.75 Å².